The van der Waals surface area contributed by atoms with Crippen molar-refractivity contribution in [3.05, 3.63) is 35.4 Å². The van der Waals surface area contributed by atoms with E-state index in [4.69, 9.17) is 4.74 Å². The monoisotopic (exact) mass is 274 g/mol. The van der Waals surface area contributed by atoms with Crippen molar-refractivity contribution in [2.45, 2.75) is 45.0 Å². The van der Waals surface area contributed by atoms with E-state index in [0.717, 1.165) is 25.0 Å². The molecule has 1 aromatic rings. The van der Waals surface area contributed by atoms with Gasteiger partial charge in [0.1, 0.15) is 6.17 Å². The highest BCUT2D eigenvalue weighted by atomic mass is 16.5. The molecule has 1 aromatic carbocycles. The molecule has 2 aliphatic heterocycles. The summed E-state index contributed by atoms with van der Waals surface area (Å²) in [7, 11) is 0. The van der Waals surface area contributed by atoms with Gasteiger partial charge >= 0.3 is 0 Å². The maximum atomic E-state index is 12.4. The molecular weight excluding hydrogens is 252 g/mol. The second-order valence-electron chi connectivity index (χ2n) is 5.83. The number of benzene rings is 1. The largest absolute Gasteiger partial charge is 0.376 e. The second-order valence-corrected chi connectivity index (χ2v) is 5.83. The van der Waals surface area contributed by atoms with Gasteiger partial charge in [0.05, 0.1) is 12.1 Å². The normalized spacial score (nSPS) is 30.2. The van der Waals surface area contributed by atoms with Crippen molar-refractivity contribution in [1.82, 2.24) is 10.2 Å². The molecule has 1 N–H and O–H groups in total. The minimum absolute atomic E-state index is 0.0263. The van der Waals surface area contributed by atoms with Gasteiger partial charge in [-0.1, -0.05) is 29.8 Å². The van der Waals surface area contributed by atoms with Gasteiger partial charge in [0.25, 0.3) is 0 Å². The second kappa shape index (κ2) is 5.54. The van der Waals surface area contributed by atoms with Gasteiger partial charge in [0.15, 0.2) is 0 Å². The molecule has 0 saturated carbocycles. The Morgan fingerprint density at radius 3 is 3.00 bits per heavy atom. The maximum Gasteiger partial charge on any atom is 0.241 e. The van der Waals surface area contributed by atoms with Crippen molar-refractivity contribution in [1.29, 1.82) is 0 Å². The lowest BCUT2D eigenvalue weighted by molar-refractivity contribution is -0.131. The van der Waals surface area contributed by atoms with Gasteiger partial charge in [-0.3, -0.25) is 10.1 Å². The molecule has 2 heterocycles. The Hall–Kier alpha value is -1.39. The van der Waals surface area contributed by atoms with E-state index in [1.54, 1.807) is 0 Å². The van der Waals surface area contributed by atoms with Crippen molar-refractivity contribution in [3.63, 3.8) is 0 Å². The first-order chi connectivity index (χ1) is 9.65. The lowest BCUT2D eigenvalue weighted by Crippen LogP contribution is -2.37. The fourth-order valence-corrected chi connectivity index (χ4v) is 3.09. The van der Waals surface area contributed by atoms with E-state index in [9.17, 15) is 4.79 Å². The summed E-state index contributed by atoms with van der Waals surface area (Å²) in [5.41, 5.74) is 2.37. The van der Waals surface area contributed by atoms with Gasteiger partial charge in [0, 0.05) is 13.2 Å². The molecule has 3 unspecified atom stereocenters. The fraction of sp³-hybridized carbons (Fsp3) is 0.562. The van der Waals surface area contributed by atoms with Crippen LogP contribution >= 0.6 is 0 Å². The smallest absolute Gasteiger partial charge is 0.241 e. The van der Waals surface area contributed by atoms with Gasteiger partial charge in [-0.2, -0.15) is 0 Å². The molecule has 1 amide bonds. The summed E-state index contributed by atoms with van der Waals surface area (Å²) in [5, 5.41) is 3.39. The minimum atomic E-state index is -0.123. The van der Waals surface area contributed by atoms with Crippen molar-refractivity contribution in [2.24, 2.45) is 0 Å². The van der Waals surface area contributed by atoms with Crippen LogP contribution in [0.15, 0.2) is 24.3 Å². The van der Waals surface area contributed by atoms with Crippen LogP contribution in [-0.4, -0.2) is 36.1 Å². The highest BCUT2D eigenvalue weighted by Gasteiger charge is 2.38. The number of ether oxygens (including phenoxy) is 1. The summed E-state index contributed by atoms with van der Waals surface area (Å²) >= 11 is 0. The van der Waals surface area contributed by atoms with Gasteiger partial charge in [0.2, 0.25) is 5.91 Å². The van der Waals surface area contributed by atoms with Crippen LogP contribution in [-0.2, 0) is 9.53 Å². The highest BCUT2D eigenvalue weighted by molar-refractivity contribution is 5.84. The Labute approximate surface area is 120 Å². The zero-order chi connectivity index (χ0) is 14.1. The number of rotatable bonds is 3. The van der Waals surface area contributed by atoms with Crippen molar-refractivity contribution in [2.75, 3.05) is 13.2 Å². The summed E-state index contributed by atoms with van der Waals surface area (Å²) in [4.78, 5) is 14.3. The average Bonchev–Trinajstić information content (AvgIpc) is 3.03. The van der Waals surface area contributed by atoms with E-state index < -0.39 is 0 Å². The number of aryl methyl sites for hydroxylation is 1. The molecule has 4 nitrogen and oxygen atoms in total. The Bertz CT molecular complexity index is 497. The molecule has 0 bridgehead atoms. The molecule has 108 valence electrons. The number of carbonyl (C=O) groups is 1. The van der Waals surface area contributed by atoms with E-state index >= 15 is 0 Å². The summed E-state index contributed by atoms with van der Waals surface area (Å²) in [6.07, 6.45) is 2.32. The van der Waals surface area contributed by atoms with Crippen molar-refractivity contribution >= 4 is 5.91 Å². The average molecular weight is 274 g/mol. The van der Waals surface area contributed by atoms with Crippen LogP contribution in [0.25, 0.3) is 0 Å². The summed E-state index contributed by atoms with van der Waals surface area (Å²) in [6, 6.07) is 8.23. The van der Waals surface area contributed by atoms with Crippen LogP contribution in [0, 0.1) is 6.92 Å². The summed E-state index contributed by atoms with van der Waals surface area (Å²) in [5.74, 6) is 0.173. The van der Waals surface area contributed by atoms with Gasteiger partial charge in [-0.05, 0) is 32.3 Å². The number of nitrogens with zero attached hydrogens (tertiary/aromatic N) is 1. The third-order valence-electron chi connectivity index (χ3n) is 4.16. The predicted molar refractivity (Wildman–Crippen MR) is 77.2 cm³/mol. The number of carbonyl (C=O) groups excluding carboxylic acids is 1. The molecule has 4 heteroatoms. The molecule has 2 saturated heterocycles. The van der Waals surface area contributed by atoms with E-state index in [-0.39, 0.29) is 24.2 Å². The molecule has 2 aliphatic rings. The first-order valence-corrected chi connectivity index (χ1v) is 7.40. The van der Waals surface area contributed by atoms with Crippen LogP contribution in [0.2, 0.25) is 0 Å². The molecule has 0 aliphatic carbocycles. The molecule has 2 fully saturated rings. The standard InChI is InChI=1S/C16H22N2O2/c1-11-5-3-6-13(9-11)15-17-12(2)16(19)18(15)10-14-7-4-8-20-14/h3,5-6,9,12,14-15,17H,4,7-8,10H2,1-2H3. The number of amides is 1. The lowest BCUT2D eigenvalue weighted by atomic mass is 10.1. The lowest BCUT2D eigenvalue weighted by Gasteiger charge is -2.27. The molecule has 0 spiro atoms. The van der Waals surface area contributed by atoms with Crippen molar-refractivity contribution < 1.29 is 9.53 Å². The van der Waals surface area contributed by atoms with E-state index in [0.29, 0.717) is 6.54 Å². The summed E-state index contributed by atoms with van der Waals surface area (Å²) in [6.45, 7) is 5.52. The Kier molecular flexibility index (Phi) is 3.76. The van der Waals surface area contributed by atoms with Gasteiger partial charge in [-0.15, -0.1) is 0 Å². The van der Waals surface area contributed by atoms with E-state index in [2.05, 4.69) is 30.4 Å². The number of hydrogen-bond donors (Lipinski definition) is 1. The molecule has 0 radical (unpaired) electrons. The van der Waals surface area contributed by atoms with Crippen LogP contribution in [0.1, 0.15) is 37.1 Å². The quantitative estimate of drug-likeness (QED) is 0.916. The third kappa shape index (κ3) is 2.58. The maximum absolute atomic E-state index is 12.4. The van der Waals surface area contributed by atoms with Crippen molar-refractivity contribution in [3.8, 4) is 0 Å². The van der Waals surface area contributed by atoms with Crippen LogP contribution in [0.4, 0.5) is 0 Å². The SMILES string of the molecule is Cc1cccc(C2NC(C)C(=O)N2CC2CCCO2)c1. The molecule has 3 rings (SSSR count). The van der Waals surface area contributed by atoms with Crippen LogP contribution in [0.5, 0.6) is 0 Å². The number of nitrogens with one attached hydrogen (secondary N) is 1. The fourth-order valence-electron chi connectivity index (χ4n) is 3.09. The topological polar surface area (TPSA) is 41.6 Å². The Balaban J connectivity index is 1.81. The first-order valence-electron chi connectivity index (χ1n) is 7.40. The zero-order valence-electron chi connectivity index (χ0n) is 12.1. The van der Waals surface area contributed by atoms with Crippen LogP contribution in [0.3, 0.4) is 0 Å². The summed E-state index contributed by atoms with van der Waals surface area (Å²) < 4.78 is 5.68. The first kappa shape index (κ1) is 13.6. The third-order valence-corrected chi connectivity index (χ3v) is 4.16. The number of hydrogen-bond acceptors (Lipinski definition) is 3. The van der Waals surface area contributed by atoms with Gasteiger partial charge in [-0.25, -0.2) is 0 Å². The predicted octanol–water partition coefficient (Wildman–Crippen LogP) is 1.99. The van der Waals surface area contributed by atoms with Crippen LogP contribution < -0.4 is 5.32 Å². The molecule has 20 heavy (non-hydrogen) atoms. The highest BCUT2D eigenvalue weighted by Crippen LogP contribution is 2.27. The Morgan fingerprint density at radius 1 is 1.45 bits per heavy atom. The van der Waals surface area contributed by atoms with E-state index in [1.807, 2.05) is 17.9 Å². The van der Waals surface area contributed by atoms with E-state index in [1.165, 1.54) is 5.56 Å². The minimum Gasteiger partial charge on any atom is -0.376 e. The molecule has 0 aromatic heterocycles. The molecular formula is C16H22N2O2. The zero-order valence-corrected chi connectivity index (χ0v) is 12.1. The molecule has 3 atom stereocenters. The Morgan fingerprint density at radius 2 is 2.30 bits per heavy atom. The van der Waals surface area contributed by atoms with Gasteiger partial charge < -0.3 is 9.64 Å².